The number of carbonyl (C=O) groups is 1. The van der Waals surface area contributed by atoms with Gasteiger partial charge in [-0.1, -0.05) is 30.3 Å². The molecular weight excluding hydrogens is 302 g/mol. The van der Waals surface area contributed by atoms with Crippen molar-refractivity contribution in [1.29, 1.82) is 0 Å². The second kappa shape index (κ2) is 9.60. The molecule has 0 saturated heterocycles. The highest BCUT2D eigenvalue weighted by Gasteiger charge is 2.02. The summed E-state index contributed by atoms with van der Waals surface area (Å²) >= 11 is 0. The molecule has 24 heavy (non-hydrogen) atoms. The van der Waals surface area contributed by atoms with Gasteiger partial charge in [-0.2, -0.15) is 0 Å². The van der Waals surface area contributed by atoms with Gasteiger partial charge in [0.1, 0.15) is 18.1 Å². The number of hydrogen-bond acceptors (Lipinski definition) is 3. The van der Waals surface area contributed by atoms with Crippen molar-refractivity contribution in [1.82, 2.24) is 5.32 Å². The van der Waals surface area contributed by atoms with Crippen molar-refractivity contribution in [3.8, 4) is 11.5 Å². The lowest BCUT2D eigenvalue weighted by atomic mass is 10.2. The highest BCUT2D eigenvalue weighted by atomic mass is 16.5. The van der Waals surface area contributed by atoms with Crippen LogP contribution in [0.25, 0.3) is 0 Å². The Bertz CT molecular complexity index is 655. The topological polar surface area (TPSA) is 47.6 Å². The quantitative estimate of drug-likeness (QED) is 0.715. The van der Waals surface area contributed by atoms with E-state index in [9.17, 15) is 4.79 Å². The van der Waals surface area contributed by atoms with E-state index in [2.05, 4.69) is 5.32 Å². The monoisotopic (exact) mass is 327 g/mol. The number of nitrogens with one attached hydrogen (secondary N) is 1. The molecule has 0 aromatic heterocycles. The van der Waals surface area contributed by atoms with Gasteiger partial charge >= 0.3 is 0 Å². The van der Waals surface area contributed by atoms with Gasteiger partial charge in [0, 0.05) is 6.42 Å². The van der Waals surface area contributed by atoms with Gasteiger partial charge in [-0.05, 0) is 49.6 Å². The van der Waals surface area contributed by atoms with E-state index in [1.165, 1.54) is 0 Å². The molecule has 0 unspecified atom stereocenters. The van der Waals surface area contributed by atoms with Crippen molar-refractivity contribution in [3.63, 3.8) is 0 Å². The Hall–Kier alpha value is -2.49. The molecule has 1 N–H and O–H groups in total. The van der Waals surface area contributed by atoms with E-state index in [4.69, 9.17) is 9.47 Å². The molecule has 1 amide bonds. The Morgan fingerprint density at radius 1 is 1.00 bits per heavy atom. The zero-order chi connectivity index (χ0) is 17.2. The summed E-state index contributed by atoms with van der Waals surface area (Å²) in [6, 6.07) is 15.7. The summed E-state index contributed by atoms with van der Waals surface area (Å²) in [6.07, 6.45) is 1.15. The molecule has 2 aromatic carbocycles. The second-order valence-electron chi connectivity index (χ2n) is 5.73. The molecule has 0 fully saturated rings. The number of ether oxygens (including phenoxy) is 2. The number of para-hydroxylation sites is 1. The molecule has 0 heterocycles. The Labute approximate surface area is 143 Å². The van der Waals surface area contributed by atoms with Crippen LogP contribution >= 0.6 is 0 Å². The van der Waals surface area contributed by atoms with E-state index in [1.807, 2.05) is 62.4 Å². The fraction of sp³-hybridized carbons (Fsp3) is 0.350. The fourth-order valence-electron chi connectivity index (χ4n) is 2.29. The maximum absolute atomic E-state index is 11.8. The highest BCUT2D eigenvalue weighted by Crippen LogP contribution is 2.16. The maximum Gasteiger partial charge on any atom is 0.220 e. The molecule has 128 valence electrons. The van der Waals surface area contributed by atoms with Crippen LogP contribution < -0.4 is 14.8 Å². The zero-order valence-electron chi connectivity index (χ0n) is 14.4. The van der Waals surface area contributed by atoms with Crippen LogP contribution in [0.4, 0.5) is 0 Å². The number of aryl methyl sites for hydroxylation is 2. The van der Waals surface area contributed by atoms with Crippen LogP contribution in [0.3, 0.4) is 0 Å². The summed E-state index contributed by atoms with van der Waals surface area (Å²) in [5.41, 5.74) is 2.26. The first-order valence-corrected chi connectivity index (χ1v) is 8.30. The van der Waals surface area contributed by atoms with E-state index in [0.29, 0.717) is 32.6 Å². The predicted molar refractivity (Wildman–Crippen MR) is 95.6 cm³/mol. The van der Waals surface area contributed by atoms with Crippen LogP contribution in [-0.4, -0.2) is 25.7 Å². The zero-order valence-corrected chi connectivity index (χ0v) is 14.4. The van der Waals surface area contributed by atoms with Crippen molar-refractivity contribution in [2.45, 2.75) is 26.7 Å². The Morgan fingerprint density at radius 2 is 1.83 bits per heavy atom. The van der Waals surface area contributed by atoms with Crippen LogP contribution in [0, 0.1) is 13.8 Å². The van der Waals surface area contributed by atoms with E-state index in [0.717, 1.165) is 22.6 Å². The van der Waals surface area contributed by atoms with Gasteiger partial charge in [0.25, 0.3) is 0 Å². The summed E-state index contributed by atoms with van der Waals surface area (Å²) in [6.45, 7) is 5.54. The summed E-state index contributed by atoms with van der Waals surface area (Å²) in [4.78, 5) is 11.8. The predicted octanol–water partition coefficient (Wildman–Crippen LogP) is 3.66. The molecule has 0 aliphatic rings. The van der Waals surface area contributed by atoms with Gasteiger partial charge in [-0.15, -0.1) is 0 Å². The molecule has 0 radical (unpaired) electrons. The molecule has 4 nitrogen and oxygen atoms in total. The SMILES string of the molecule is Cc1cccc(OCCNC(=O)CCCOc2ccccc2C)c1. The van der Waals surface area contributed by atoms with Gasteiger partial charge in [0.05, 0.1) is 13.2 Å². The summed E-state index contributed by atoms with van der Waals surface area (Å²) in [7, 11) is 0. The van der Waals surface area contributed by atoms with Crippen molar-refractivity contribution in [3.05, 3.63) is 59.7 Å². The lowest BCUT2D eigenvalue weighted by molar-refractivity contribution is -0.121. The first kappa shape index (κ1) is 17.9. The van der Waals surface area contributed by atoms with E-state index < -0.39 is 0 Å². The van der Waals surface area contributed by atoms with Gasteiger partial charge in [0.15, 0.2) is 0 Å². The first-order valence-electron chi connectivity index (χ1n) is 8.30. The molecule has 2 rings (SSSR count). The third-order valence-corrected chi connectivity index (χ3v) is 3.58. The molecule has 4 heteroatoms. The fourth-order valence-corrected chi connectivity index (χ4v) is 2.29. The first-order chi connectivity index (χ1) is 11.6. The third kappa shape index (κ3) is 6.32. The third-order valence-electron chi connectivity index (χ3n) is 3.58. The van der Waals surface area contributed by atoms with Crippen LogP contribution in [-0.2, 0) is 4.79 Å². The van der Waals surface area contributed by atoms with Crippen LogP contribution in [0.5, 0.6) is 11.5 Å². The van der Waals surface area contributed by atoms with Gasteiger partial charge in [-0.3, -0.25) is 4.79 Å². The summed E-state index contributed by atoms with van der Waals surface area (Å²) < 4.78 is 11.3. The molecule has 2 aromatic rings. The van der Waals surface area contributed by atoms with E-state index >= 15 is 0 Å². The lowest BCUT2D eigenvalue weighted by Gasteiger charge is -2.10. The highest BCUT2D eigenvalue weighted by molar-refractivity contribution is 5.75. The molecule has 0 atom stereocenters. The minimum absolute atomic E-state index is 0.0243. The molecule has 0 saturated carbocycles. The van der Waals surface area contributed by atoms with Gasteiger partial charge < -0.3 is 14.8 Å². The standard InChI is InChI=1S/C20H25NO3/c1-16-7-5-9-18(15-16)23-14-12-21-20(22)11-6-13-24-19-10-4-3-8-17(19)2/h3-5,7-10,15H,6,11-14H2,1-2H3,(H,21,22). The number of benzene rings is 2. The molecule has 0 spiro atoms. The lowest BCUT2D eigenvalue weighted by Crippen LogP contribution is -2.28. The molecule has 0 bridgehead atoms. The number of carbonyl (C=O) groups excluding carboxylic acids is 1. The van der Waals surface area contributed by atoms with E-state index in [-0.39, 0.29) is 5.91 Å². The van der Waals surface area contributed by atoms with Crippen molar-refractivity contribution < 1.29 is 14.3 Å². The smallest absolute Gasteiger partial charge is 0.220 e. The Morgan fingerprint density at radius 3 is 2.62 bits per heavy atom. The number of rotatable bonds is 9. The Balaban J connectivity index is 1.54. The average Bonchev–Trinajstić information content (AvgIpc) is 2.57. The minimum atomic E-state index is 0.0243. The Kier molecular flexibility index (Phi) is 7.15. The number of amides is 1. The van der Waals surface area contributed by atoms with Crippen LogP contribution in [0.1, 0.15) is 24.0 Å². The van der Waals surface area contributed by atoms with Crippen molar-refractivity contribution in [2.24, 2.45) is 0 Å². The van der Waals surface area contributed by atoms with Crippen LogP contribution in [0.2, 0.25) is 0 Å². The maximum atomic E-state index is 11.8. The molecule has 0 aliphatic carbocycles. The van der Waals surface area contributed by atoms with E-state index in [1.54, 1.807) is 0 Å². The average molecular weight is 327 g/mol. The second-order valence-corrected chi connectivity index (χ2v) is 5.73. The summed E-state index contributed by atoms with van der Waals surface area (Å²) in [5.74, 6) is 1.73. The molecular formula is C20H25NO3. The number of hydrogen-bond donors (Lipinski definition) is 1. The molecule has 0 aliphatic heterocycles. The van der Waals surface area contributed by atoms with Crippen molar-refractivity contribution in [2.75, 3.05) is 19.8 Å². The minimum Gasteiger partial charge on any atom is -0.493 e. The van der Waals surface area contributed by atoms with Crippen LogP contribution in [0.15, 0.2) is 48.5 Å². The summed E-state index contributed by atoms with van der Waals surface area (Å²) in [5, 5.41) is 2.86. The van der Waals surface area contributed by atoms with Crippen molar-refractivity contribution >= 4 is 5.91 Å². The largest absolute Gasteiger partial charge is 0.493 e. The van der Waals surface area contributed by atoms with Gasteiger partial charge in [-0.25, -0.2) is 0 Å². The van der Waals surface area contributed by atoms with Gasteiger partial charge in [0.2, 0.25) is 5.91 Å². The normalized spacial score (nSPS) is 10.2.